The maximum absolute atomic E-state index is 13.2. The number of carbonyl (C=O) groups is 1. The molecule has 152 valence electrons. The number of para-hydroxylation sites is 1. The lowest BCUT2D eigenvalue weighted by molar-refractivity contribution is 0.0940. The second-order valence-electron chi connectivity index (χ2n) is 7.42. The van der Waals surface area contributed by atoms with E-state index in [0.29, 0.717) is 5.56 Å². The lowest BCUT2D eigenvalue weighted by Gasteiger charge is -2.16. The zero-order chi connectivity index (χ0) is 21.1. The van der Waals surface area contributed by atoms with E-state index in [-0.39, 0.29) is 11.9 Å². The Morgan fingerprint density at radius 1 is 1.13 bits per heavy atom. The summed E-state index contributed by atoms with van der Waals surface area (Å²) in [4.78, 5) is 17.9. The molecule has 0 radical (unpaired) electrons. The van der Waals surface area contributed by atoms with Gasteiger partial charge in [0, 0.05) is 29.7 Å². The van der Waals surface area contributed by atoms with Crippen molar-refractivity contribution in [1.29, 1.82) is 0 Å². The summed E-state index contributed by atoms with van der Waals surface area (Å²) in [6.07, 6.45) is 3.33. The normalized spacial score (nSPS) is 12.1. The van der Waals surface area contributed by atoms with Gasteiger partial charge in [-0.05, 0) is 49.6 Å². The number of aryl methyl sites for hydroxylation is 2. The standard InChI is InChI=1S/C24H23ClN4O/c1-16(11-12-17-7-3-5-9-20(17)25)27-24(30)19-15-22(23-13-14-26-29(23)2)28-21-10-6-4-8-18(19)21/h3-10,13-16H,11-12H2,1-2H3,(H,27,30)/t16-/m1/s1. The third kappa shape index (κ3) is 4.21. The van der Waals surface area contributed by atoms with Gasteiger partial charge in [-0.15, -0.1) is 0 Å². The molecule has 6 heteroatoms. The van der Waals surface area contributed by atoms with Gasteiger partial charge in [-0.25, -0.2) is 4.98 Å². The summed E-state index contributed by atoms with van der Waals surface area (Å²) < 4.78 is 1.75. The number of aromatic nitrogens is 3. The Labute approximate surface area is 180 Å². The zero-order valence-corrected chi connectivity index (χ0v) is 17.7. The highest BCUT2D eigenvalue weighted by Gasteiger charge is 2.17. The second-order valence-corrected chi connectivity index (χ2v) is 7.82. The molecule has 5 nitrogen and oxygen atoms in total. The van der Waals surface area contributed by atoms with Crippen LogP contribution in [0.15, 0.2) is 66.9 Å². The predicted molar refractivity (Wildman–Crippen MR) is 121 cm³/mol. The van der Waals surface area contributed by atoms with E-state index >= 15 is 0 Å². The smallest absolute Gasteiger partial charge is 0.252 e. The molecule has 0 aliphatic rings. The quantitative estimate of drug-likeness (QED) is 0.477. The van der Waals surface area contributed by atoms with Crippen molar-refractivity contribution in [3.63, 3.8) is 0 Å². The molecule has 4 aromatic rings. The number of halogens is 1. The van der Waals surface area contributed by atoms with Gasteiger partial charge in [0.25, 0.3) is 5.91 Å². The first-order valence-corrected chi connectivity index (χ1v) is 10.3. The van der Waals surface area contributed by atoms with Gasteiger partial charge in [-0.1, -0.05) is 48.0 Å². The Hall–Kier alpha value is -3.18. The van der Waals surface area contributed by atoms with E-state index < -0.39 is 0 Å². The van der Waals surface area contributed by atoms with Crippen LogP contribution in [0.5, 0.6) is 0 Å². The van der Waals surface area contributed by atoms with Crippen molar-refractivity contribution in [3.8, 4) is 11.4 Å². The van der Waals surface area contributed by atoms with Gasteiger partial charge >= 0.3 is 0 Å². The maximum Gasteiger partial charge on any atom is 0.252 e. The van der Waals surface area contributed by atoms with Gasteiger partial charge in [0.1, 0.15) is 0 Å². The van der Waals surface area contributed by atoms with Crippen molar-refractivity contribution in [1.82, 2.24) is 20.1 Å². The van der Waals surface area contributed by atoms with E-state index in [1.54, 1.807) is 10.9 Å². The third-order valence-electron chi connectivity index (χ3n) is 5.23. The fraction of sp³-hybridized carbons (Fsp3) is 0.208. The van der Waals surface area contributed by atoms with Crippen molar-refractivity contribution in [3.05, 3.63) is 83.0 Å². The minimum Gasteiger partial charge on any atom is -0.350 e. The van der Waals surface area contributed by atoms with Crippen LogP contribution in [-0.2, 0) is 13.5 Å². The summed E-state index contributed by atoms with van der Waals surface area (Å²) >= 11 is 6.25. The van der Waals surface area contributed by atoms with Gasteiger partial charge in [-0.3, -0.25) is 9.48 Å². The fourth-order valence-electron chi connectivity index (χ4n) is 3.57. The van der Waals surface area contributed by atoms with Crippen molar-refractivity contribution >= 4 is 28.4 Å². The molecule has 0 saturated carbocycles. The van der Waals surface area contributed by atoms with Gasteiger partial charge in [0.05, 0.1) is 22.5 Å². The second kappa shape index (κ2) is 8.67. The van der Waals surface area contributed by atoms with Gasteiger partial charge in [0.15, 0.2) is 0 Å². The van der Waals surface area contributed by atoms with E-state index in [1.165, 1.54) is 0 Å². The summed E-state index contributed by atoms with van der Waals surface area (Å²) in [5.41, 5.74) is 4.07. The van der Waals surface area contributed by atoms with E-state index in [4.69, 9.17) is 16.6 Å². The molecule has 0 aliphatic heterocycles. The minimum atomic E-state index is -0.108. The van der Waals surface area contributed by atoms with Gasteiger partial charge in [-0.2, -0.15) is 5.10 Å². The first-order valence-electron chi connectivity index (χ1n) is 9.95. The first-order chi connectivity index (χ1) is 14.5. The topological polar surface area (TPSA) is 59.8 Å². The van der Waals surface area contributed by atoms with Crippen LogP contribution in [0.25, 0.3) is 22.3 Å². The summed E-state index contributed by atoms with van der Waals surface area (Å²) in [5.74, 6) is -0.108. The number of nitrogens with zero attached hydrogens (tertiary/aromatic N) is 3. The van der Waals surface area contributed by atoms with Crippen molar-refractivity contribution in [2.75, 3.05) is 0 Å². The monoisotopic (exact) mass is 418 g/mol. The van der Waals surface area contributed by atoms with Crippen LogP contribution in [0, 0.1) is 0 Å². The molecule has 1 atom stereocenters. The Kier molecular flexibility index (Phi) is 5.81. The fourth-order valence-corrected chi connectivity index (χ4v) is 3.80. The highest BCUT2D eigenvalue weighted by Crippen LogP contribution is 2.25. The van der Waals surface area contributed by atoms with Crippen molar-refractivity contribution in [2.24, 2.45) is 7.05 Å². The zero-order valence-electron chi connectivity index (χ0n) is 17.0. The molecular weight excluding hydrogens is 396 g/mol. The molecular formula is C24H23ClN4O. The summed E-state index contributed by atoms with van der Waals surface area (Å²) in [7, 11) is 1.86. The number of hydrogen-bond donors (Lipinski definition) is 1. The molecule has 2 aromatic heterocycles. The van der Waals surface area contributed by atoms with Crippen LogP contribution in [0.3, 0.4) is 0 Å². The molecule has 0 spiro atoms. The molecule has 0 unspecified atom stereocenters. The van der Waals surface area contributed by atoms with Gasteiger partial charge < -0.3 is 5.32 Å². The number of benzene rings is 2. The van der Waals surface area contributed by atoms with Crippen LogP contribution in [-0.4, -0.2) is 26.7 Å². The Bertz CT molecular complexity index is 1200. The molecule has 0 fully saturated rings. The van der Waals surface area contributed by atoms with E-state index in [9.17, 15) is 4.79 Å². The number of amides is 1. The molecule has 0 aliphatic carbocycles. The van der Waals surface area contributed by atoms with Crippen LogP contribution in [0.4, 0.5) is 0 Å². The molecule has 30 heavy (non-hydrogen) atoms. The van der Waals surface area contributed by atoms with Crippen molar-refractivity contribution < 1.29 is 4.79 Å². The molecule has 1 N–H and O–H groups in total. The SMILES string of the molecule is C[C@H](CCc1ccccc1Cl)NC(=O)c1cc(-c2ccnn2C)nc2ccccc12. The Morgan fingerprint density at radius 2 is 1.90 bits per heavy atom. The Balaban J connectivity index is 1.58. The first kappa shape index (κ1) is 20.1. The van der Waals surface area contributed by atoms with Crippen LogP contribution in [0.2, 0.25) is 5.02 Å². The number of nitrogens with one attached hydrogen (secondary N) is 1. The molecule has 2 aromatic carbocycles. The number of fused-ring (bicyclic) bond motifs is 1. The van der Waals surface area contributed by atoms with E-state index in [2.05, 4.69) is 10.4 Å². The predicted octanol–water partition coefficient (Wildman–Crippen LogP) is 5.04. The van der Waals surface area contributed by atoms with Crippen molar-refractivity contribution in [2.45, 2.75) is 25.8 Å². The highest BCUT2D eigenvalue weighted by molar-refractivity contribution is 6.31. The Morgan fingerprint density at radius 3 is 2.67 bits per heavy atom. The molecule has 0 saturated heterocycles. The molecule has 1 amide bonds. The molecule has 4 rings (SSSR count). The maximum atomic E-state index is 13.2. The average Bonchev–Trinajstić information content (AvgIpc) is 3.18. The highest BCUT2D eigenvalue weighted by atomic mass is 35.5. The number of carbonyl (C=O) groups excluding carboxylic acids is 1. The van der Waals surface area contributed by atoms with Crippen LogP contribution >= 0.6 is 11.6 Å². The average molecular weight is 419 g/mol. The summed E-state index contributed by atoms with van der Waals surface area (Å²) in [6.45, 7) is 2.01. The number of rotatable bonds is 6. The minimum absolute atomic E-state index is 0.000790. The lowest BCUT2D eigenvalue weighted by Crippen LogP contribution is -2.33. The van der Waals surface area contributed by atoms with E-state index in [0.717, 1.165) is 45.7 Å². The lowest BCUT2D eigenvalue weighted by atomic mass is 10.0. The number of pyridine rings is 1. The molecule has 2 heterocycles. The van der Waals surface area contributed by atoms with Crippen LogP contribution in [0.1, 0.15) is 29.3 Å². The van der Waals surface area contributed by atoms with Crippen LogP contribution < -0.4 is 5.32 Å². The summed E-state index contributed by atoms with van der Waals surface area (Å²) in [5, 5.41) is 8.95. The third-order valence-corrected chi connectivity index (χ3v) is 5.59. The van der Waals surface area contributed by atoms with E-state index in [1.807, 2.05) is 74.6 Å². The van der Waals surface area contributed by atoms with Gasteiger partial charge in [0.2, 0.25) is 0 Å². The molecule has 0 bridgehead atoms. The number of hydrogen-bond acceptors (Lipinski definition) is 3. The summed E-state index contributed by atoms with van der Waals surface area (Å²) in [6, 6.07) is 19.3. The largest absolute Gasteiger partial charge is 0.350 e.